The first-order chi connectivity index (χ1) is 17.7. The number of nitrogens with zero attached hydrogens (tertiary/aromatic N) is 3. The number of aromatic nitrogens is 1. The van der Waals surface area contributed by atoms with Crippen LogP contribution in [0.2, 0.25) is 5.02 Å². The quantitative estimate of drug-likeness (QED) is 0.334. The summed E-state index contributed by atoms with van der Waals surface area (Å²) in [5, 5.41) is 0.278. The fourth-order valence-electron chi connectivity index (χ4n) is 4.77. The van der Waals surface area contributed by atoms with Crippen LogP contribution in [-0.4, -0.2) is 48.3 Å². The summed E-state index contributed by atoms with van der Waals surface area (Å²) in [6.45, 7) is 1.64. The molecular formula is C26H24ClN3O5S2. The van der Waals surface area contributed by atoms with Gasteiger partial charge >= 0.3 is 10.8 Å². The van der Waals surface area contributed by atoms with Crippen molar-refractivity contribution in [3.8, 4) is 0 Å². The second kappa shape index (κ2) is 10.00. The number of thiazole rings is 1. The topological polar surface area (TPSA) is 88.9 Å². The first kappa shape index (κ1) is 25.6. The van der Waals surface area contributed by atoms with Gasteiger partial charge < -0.3 is 9.64 Å². The van der Waals surface area contributed by atoms with Crippen molar-refractivity contribution in [3.63, 3.8) is 0 Å². The van der Waals surface area contributed by atoms with Crippen molar-refractivity contribution in [2.45, 2.75) is 29.7 Å². The molecule has 3 heterocycles. The number of thioether (sulfide) groups is 1. The number of anilines is 2. The second-order valence-electron chi connectivity index (χ2n) is 8.94. The Morgan fingerprint density at radius 3 is 2.32 bits per heavy atom. The lowest BCUT2D eigenvalue weighted by Gasteiger charge is -2.31. The Bertz CT molecular complexity index is 1430. The van der Waals surface area contributed by atoms with Crippen molar-refractivity contribution in [2.75, 3.05) is 30.5 Å². The molecule has 0 bridgehead atoms. The molecule has 2 aromatic carbocycles. The number of hydrogen-bond donors (Lipinski definition) is 0. The number of ether oxygens (including phenoxy) is 1. The van der Waals surface area contributed by atoms with Crippen molar-refractivity contribution in [1.29, 1.82) is 0 Å². The third-order valence-corrected chi connectivity index (χ3v) is 9.35. The monoisotopic (exact) mass is 557 g/mol. The van der Waals surface area contributed by atoms with Crippen LogP contribution in [0.4, 0.5) is 11.4 Å². The number of esters is 1. The van der Waals surface area contributed by atoms with Crippen LogP contribution < -0.4 is 14.7 Å². The van der Waals surface area contributed by atoms with E-state index in [1.165, 1.54) is 21.2 Å². The Morgan fingerprint density at radius 1 is 1.03 bits per heavy atom. The van der Waals surface area contributed by atoms with E-state index >= 15 is 0 Å². The largest absolute Gasteiger partial charge is 0.465 e. The van der Waals surface area contributed by atoms with Crippen LogP contribution >= 0.6 is 34.7 Å². The minimum Gasteiger partial charge on any atom is -0.465 e. The fraction of sp³-hybridized carbons (Fsp3) is 0.308. The van der Waals surface area contributed by atoms with Crippen LogP contribution in [0.15, 0.2) is 58.4 Å². The standard InChI is InChI=1S/C26H24ClN3O5S2/c1-4-35-18(31)13-29-25-22(37-26(29)34)19(14-5-9-16(10-6-14)28(2)3)20-21(36-25)24(33)30(23(20)32)17-11-7-15(27)8-12-17/h5-12,19-21H,4,13H2,1-3H3/t19-,20-,21+/m0/s1. The summed E-state index contributed by atoms with van der Waals surface area (Å²) in [4.78, 5) is 56.4. The number of halogens is 1. The van der Waals surface area contributed by atoms with Crippen molar-refractivity contribution < 1.29 is 19.1 Å². The summed E-state index contributed by atoms with van der Waals surface area (Å²) in [7, 11) is 3.87. The van der Waals surface area contributed by atoms with Crippen LogP contribution in [0.25, 0.3) is 0 Å². The lowest BCUT2D eigenvalue weighted by atomic mass is 9.83. The molecule has 11 heteroatoms. The van der Waals surface area contributed by atoms with Gasteiger partial charge in [0.25, 0.3) is 0 Å². The molecule has 8 nitrogen and oxygen atoms in total. The van der Waals surface area contributed by atoms with Gasteiger partial charge in [0.05, 0.1) is 23.2 Å². The van der Waals surface area contributed by atoms with Crippen molar-refractivity contribution >= 4 is 63.9 Å². The van der Waals surface area contributed by atoms with E-state index in [0.717, 1.165) is 22.6 Å². The molecule has 37 heavy (non-hydrogen) atoms. The Labute approximate surface area is 226 Å². The summed E-state index contributed by atoms with van der Waals surface area (Å²) >= 11 is 8.21. The van der Waals surface area contributed by atoms with E-state index < -0.39 is 23.1 Å². The maximum Gasteiger partial charge on any atom is 0.326 e. The molecule has 0 N–H and O–H groups in total. The first-order valence-corrected chi connectivity index (χ1v) is 13.7. The van der Waals surface area contributed by atoms with Crippen molar-refractivity contribution in [1.82, 2.24) is 4.57 Å². The molecule has 1 saturated heterocycles. The van der Waals surface area contributed by atoms with Gasteiger partial charge in [-0.1, -0.05) is 46.8 Å². The van der Waals surface area contributed by atoms with Crippen molar-refractivity contribution in [2.24, 2.45) is 5.92 Å². The van der Waals surface area contributed by atoms with Crippen LogP contribution in [0.5, 0.6) is 0 Å². The van der Waals surface area contributed by atoms with Gasteiger partial charge in [-0.25, -0.2) is 4.90 Å². The second-order valence-corrected chi connectivity index (χ2v) is 11.5. The molecule has 2 amide bonds. The van der Waals surface area contributed by atoms with Crippen LogP contribution in [-0.2, 0) is 25.7 Å². The first-order valence-electron chi connectivity index (χ1n) is 11.7. The number of hydrogen-bond acceptors (Lipinski definition) is 8. The Morgan fingerprint density at radius 2 is 1.70 bits per heavy atom. The van der Waals surface area contributed by atoms with Crippen LogP contribution in [0, 0.1) is 5.92 Å². The van der Waals surface area contributed by atoms with Gasteiger partial charge in [0.15, 0.2) is 0 Å². The van der Waals surface area contributed by atoms with Gasteiger partial charge in [0.1, 0.15) is 11.8 Å². The summed E-state index contributed by atoms with van der Waals surface area (Å²) < 4.78 is 6.43. The van der Waals surface area contributed by atoms with Crippen LogP contribution in [0.3, 0.4) is 0 Å². The molecule has 2 aliphatic rings. The zero-order valence-electron chi connectivity index (χ0n) is 20.3. The van der Waals surface area contributed by atoms with E-state index in [0.29, 0.717) is 20.6 Å². The van der Waals surface area contributed by atoms with E-state index in [2.05, 4.69) is 0 Å². The smallest absolute Gasteiger partial charge is 0.326 e. The molecule has 1 fully saturated rings. The molecule has 1 aromatic heterocycles. The highest BCUT2D eigenvalue weighted by atomic mass is 35.5. The van der Waals surface area contributed by atoms with E-state index in [9.17, 15) is 19.2 Å². The number of rotatable bonds is 6. The minimum atomic E-state index is -0.753. The molecule has 0 spiro atoms. The van der Waals surface area contributed by atoms with Crippen molar-refractivity contribution in [3.05, 3.63) is 73.7 Å². The predicted molar refractivity (Wildman–Crippen MR) is 145 cm³/mol. The van der Waals surface area contributed by atoms with Gasteiger partial charge in [0.2, 0.25) is 11.8 Å². The molecule has 0 aliphatic carbocycles. The predicted octanol–water partition coefficient (Wildman–Crippen LogP) is 3.99. The summed E-state index contributed by atoms with van der Waals surface area (Å²) in [6.07, 6.45) is 0. The molecule has 3 aromatic rings. The van der Waals surface area contributed by atoms with E-state index in [-0.39, 0.29) is 29.8 Å². The maximum atomic E-state index is 13.9. The summed E-state index contributed by atoms with van der Waals surface area (Å²) in [5.41, 5.74) is 2.25. The lowest BCUT2D eigenvalue weighted by Crippen LogP contribution is -2.32. The molecule has 0 radical (unpaired) electrons. The molecular weight excluding hydrogens is 534 g/mol. The highest BCUT2D eigenvalue weighted by molar-refractivity contribution is 8.00. The molecule has 3 atom stereocenters. The van der Waals surface area contributed by atoms with Gasteiger partial charge in [-0.3, -0.25) is 23.7 Å². The molecule has 0 unspecified atom stereocenters. The third kappa shape index (κ3) is 4.47. The van der Waals surface area contributed by atoms with Gasteiger partial charge in [-0.05, 0) is 48.9 Å². The lowest BCUT2D eigenvalue weighted by molar-refractivity contribution is -0.144. The average Bonchev–Trinajstić information content (AvgIpc) is 3.31. The Hall–Kier alpha value is -3.08. The highest BCUT2D eigenvalue weighted by Crippen LogP contribution is 2.54. The number of fused-ring (bicyclic) bond motifs is 2. The highest BCUT2D eigenvalue weighted by Gasteiger charge is 2.56. The fourth-order valence-corrected chi connectivity index (χ4v) is 7.67. The number of carbonyl (C=O) groups is 3. The maximum absolute atomic E-state index is 13.9. The summed E-state index contributed by atoms with van der Waals surface area (Å²) in [6, 6.07) is 14.3. The third-order valence-electron chi connectivity index (χ3n) is 6.50. The Balaban J connectivity index is 1.63. The van der Waals surface area contributed by atoms with E-state index in [1.807, 2.05) is 43.3 Å². The zero-order chi connectivity index (χ0) is 26.4. The van der Waals surface area contributed by atoms with Gasteiger partial charge in [-0.2, -0.15) is 0 Å². The molecule has 0 saturated carbocycles. The normalized spacial score (nSPS) is 20.5. The van der Waals surface area contributed by atoms with Crippen LogP contribution in [0.1, 0.15) is 23.3 Å². The number of benzene rings is 2. The summed E-state index contributed by atoms with van der Waals surface area (Å²) in [5.74, 6) is -2.44. The van der Waals surface area contributed by atoms with Gasteiger partial charge in [-0.15, -0.1) is 0 Å². The molecule has 2 aliphatic heterocycles. The number of amides is 2. The SMILES string of the molecule is CCOC(=O)Cn1c2c(sc1=O)[C@@H](c1ccc(N(C)C)cc1)[C@@H]1C(=O)N(c3ccc(Cl)cc3)C(=O)[C@@H]1S2. The molecule has 5 rings (SSSR count). The average molecular weight is 558 g/mol. The van der Waals surface area contributed by atoms with Gasteiger partial charge in [0, 0.05) is 35.6 Å². The molecule has 192 valence electrons. The zero-order valence-corrected chi connectivity index (χ0v) is 22.7. The minimum absolute atomic E-state index is 0.196. The Kier molecular flexibility index (Phi) is 6.91. The van der Waals surface area contributed by atoms with E-state index in [4.69, 9.17) is 16.3 Å². The number of imide groups is 1. The van der Waals surface area contributed by atoms with E-state index in [1.54, 1.807) is 31.2 Å². The number of carbonyl (C=O) groups excluding carboxylic acids is 3.